The minimum Gasteiger partial charge on any atom is -0.494 e. The Bertz CT molecular complexity index is 1070. The van der Waals surface area contributed by atoms with Crippen molar-refractivity contribution in [3.05, 3.63) is 53.3 Å². The van der Waals surface area contributed by atoms with Gasteiger partial charge < -0.3 is 20.5 Å². The lowest BCUT2D eigenvalue weighted by Crippen LogP contribution is -2.32. The average molecular weight is 427 g/mol. The SMILES string of the molecule is COc1cnc(N[C@H]2CC[C@H](Oc3ncccc3C(N)=O)CC2)c2cc(Cl)ccc12. The Labute approximate surface area is 179 Å². The lowest BCUT2D eigenvalue weighted by atomic mass is 9.92. The number of primary amides is 1. The van der Waals surface area contributed by atoms with E-state index in [2.05, 4.69) is 15.3 Å². The Morgan fingerprint density at radius 3 is 2.70 bits per heavy atom. The summed E-state index contributed by atoms with van der Waals surface area (Å²) in [6.07, 6.45) is 6.78. The summed E-state index contributed by atoms with van der Waals surface area (Å²) in [4.78, 5) is 20.3. The molecular formula is C22H23ClN4O3. The summed E-state index contributed by atoms with van der Waals surface area (Å²) < 4.78 is 11.4. The van der Waals surface area contributed by atoms with E-state index in [0.717, 1.165) is 42.3 Å². The minimum absolute atomic E-state index is 0.00827. The third-order valence-corrected chi connectivity index (χ3v) is 5.60. The lowest BCUT2D eigenvalue weighted by Gasteiger charge is -2.30. The number of nitrogens with zero attached hydrogens (tertiary/aromatic N) is 2. The third-order valence-electron chi connectivity index (χ3n) is 5.36. The molecule has 0 spiro atoms. The fourth-order valence-corrected chi connectivity index (χ4v) is 3.99. The molecule has 4 rings (SSSR count). The maximum atomic E-state index is 11.6. The molecule has 3 N–H and O–H groups in total. The van der Waals surface area contributed by atoms with Crippen LogP contribution in [0.4, 0.5) is 5.82 Å². The van der Waals surface area contributed by atoms with E-state index >= 15 is 0 Å². The Hall–Kier alpha value is -3.06. The normalized spacial score (nSPS) is 18.7. The number of fused-ring (bicyclic) bond motifs is 1. The number of nitrogens with two attached hydrogens (primary N) is 1. The second-order valence-electron chi connectivity index (χ2n) is 7.32. The van der Waals surface area contributed by atoms with Crippen molar-refractivity contribution in [2.75, 3.05) is 12.4 Å². The van der Waals surface area contributed by atoms with Gasteiger partial charge in [-0.15, -0.1) is 0 Å². The molecule has 0 unspecified atom stereocenters. The first-order valence-electron chi connectivity index (χ1n) is 9.85. The van der Waals surface area contributed by atoms with Gasteiger partial charge >= 0.3 is 0 Å². The Balaban J connectivity index is 1.43. The van der Waals surface area contributed by atoms with Gasteiger partial charge in [0.15, 0.2) is 0 Å². The number of benzene rings is 1. The molecule has 8 heteroatoms. The van der Waals surface area contributed by atoms with Gasteiger partial charge in [0.05, 0.1) is 13.3 Å². The monoisotopic (exact) mass is 426 g/mol. The number of hydrogen-bond acceptors (Lipinski definition) is 6. The standard InChI is InChI=1S/C22H23ClN4O3/c1-29-19-12-26-21(18-11-13(23)4-9-16(18)19)27-14-5-7-15(8-6-14)30-22-17(20(24)28)3-2-10-25-22/h2-4,9-12,14-15H,5-8H2,1H3,(H2,24,28)(H,26,27)/t14-,15-. The first-order valence-corrected chi connectivity index (χ1v) is 10.2. The number of carbonyl (C=O) groups is 1. The van der Waals surface area contributed by atoms with Crippen molar-refractivity contribution in [1.82, 2.24) is 9.97 Å². The van der Waals surface area contributed by atoms with Crippen LogP contribution in [0.25, 0.3) is 10.8 Å². The summed E-state index contributed by atoms with van der Waals surface area (Å²) in [5, 5.41) is 6.09. The summed E-state index contributed by atoms with van der Waals surface area (Å²) in [5.74, 6) is 1.27. The fraction of sp³-hybridized carbons (Fsp3) is 0.318. The van der Waals surface area contributed by atoms with Crippen LogP contribution in [-0.4, -0.2) is 35.1 Å². The Morgan fingerprint density at radius 1 is 1.17 bits per heavy atom. The molecule has 30 heavy (non-hydrogen) atoms. The van der Waals surface area contributed by atoms with Gasteiger partial charge in [-0.05, 0) is 56.0 Å². The molecular weight excluding hydrogens is 404 g/mol. The van der Waals surface area contributed by atoms with Crippen LogP contribution in [0.2, 0.25) is 5.02 Å². The van der Waals surface area contributed by atoms with E-state index in [4.69, 9.17) is 26.8 Å². The zero-order valence-electron chi connectivity index (χ0n) is 16.6. The maximum Gasteiger partial charge on any atom is 0.254 e. The fourth-order valence-electron chi connectivity index (χ4n) is 3.82. The minimum atomic E-state index is -0.537. The predicted molar refractivity (Wildman–Crippen MR) is 116 cm³/mol. The number of carbonyl (C=O) groups excluding carboxylic acids is 1. The average Bonchev–Trinajstić information content (AvgIpc) is 2.75. The van der Waals surface area contributed by atoms with Crippen LogP contribution in [0.1, 0.15) is 36.0 Å². The van der Waals surface area contributed by atoms with Gasteiger partial charge in [-0.1, -0.05) is 11.6 Å². The van der Waals surface area contributed by atoms with E-state index in [0.29, 0.717) is 22.2 Å². The van der Waals surface area contributed by atoms with Crippen molar-refractivity contribution in [3.8, 4) is 11.6 Å². The Kier molecular flexibility index (Phi) is 5.90. The number of anilines is 1. The summed E-state index contributed by atoms with van der Waals surface area (Å²) in [6, 6.07) is 9.24. The predicted octanol–water partition coefficient (Wildman–Crippen LogP) is 4.19. The number of halogens is 1. The first kappa shape index (κ1) is 20.2. The summed E-state index contributed by atoms with van der Waals surface area (Å²) in [6.45, 7) is 0. The molecule has 0 aliphatic heterocycles. The smallest absolute Gasteiger partial charge is 0.254 e. The van der Waals surface area contributed by atoms with Crippen LogP contribution in [0.3, 0.4) is 0 Å². The van der Waals surface area contributed by atoms with Crippen molar-refractivity contribution < 1.29 is 14.3 Å². The van der Waals surface area contributed by atoms with Crippen LogP contribution in [0.15, 0.2) is 42.7 Å². The van der Waals surface area contributed by atoms with Crippen LogP contribution in [0.5, 0.6) is 11.6 Å². The van der Waals surface area contributed by atoms with Gasteiger partial charge in [0.25, 0.3) is 5.91 Å². The first-order chi connectivity index (χ1) is 14.5. The molecule has 1 fully saturated rings. The molecule has 0 atom stereocenters. The Morgan fingerprint density at radius 2 is 1.97 bits per heavy atom. The highest BCUT2D eigenvalue weighted by Crippen LogP contribution is 2.33. The van der Waals surface area contributed by atoms with Gasteiger partial charge in [0.2, 0.25) is 5.88 Å². The van der Waals surface area contributed by atoms with Crippen molar-refractivity contribution in [1.29, 1.82) is 0 Å². The number of amides is 1. The van der Waals surface area contributed by atoms with Gasteiger partial charge in [-0.3, -0.25) is 4.79 Å². The molecule has 0 radical (unpaired) electrons. The van der Waals surface area contributed by atoms with Crippen molar-refractivity contribution >= 4 is 34.1 Å². The van der Waals surface area contributed by atoms with Crippen LogP contribution >= 0.6 is 11.6 Å². The van der Waals surface area contributed by atoms with Gasteiger partial charge in [0.1, 0.15) is 23.2 Å². The summed E-state index contributed by atoms with van der Waals surface area (Å²) in [7, 11) is 1.63. The van der Waals surface area contributed by atoms with E-state index < -0.39 is 5.91 Å². The molecule has 0 bridgehead atoms. The quantitative estimate of drug-likeness (QED) is 0.613. The molecule has 3 aromatic rings. The van der Waals surface area contributed by atoms with Crippen LogP contribution in [0, 0.1) is 0 Å². The number of methoxy groups -OCH3 is 1. The van der Waals surface area contributed by atoms with Crippen molar-refractivity contribution in [2.45, 2.75) is 37.8 Å². The maximum absolute atomic E-state index is 11.6. The molecule has 1 amide bonds. The molecule has 7 nitrogen and oxygen atoms in total. The number of aromatic nitrogens is 2. The number of hydrogen-bond donors (Lipinski definition) is 2. The summed E-state index contributed by atoms with van der Waals surface area (Å²) >= 11 is 6.21. The van der Waals surface area contributed by atoms with E-state index in [-0.39, 0.29) is 12.1 Å². The third kappa shape index (κ3) is 4.26. The van der Waals surface area contributed by atoms with E-state index in [9.17, 15) is 4.79 Å². The molecule has 1 aromatic carbocycles. The highest BCUT2D eigenvalue weighted by atomic mass is 35.5. The molecule has 2 aromatic heterocycles. The molecule has 1 aliphatic carbocycles. The van der Waals surface area contributed by atoms with E-state index in [1.165, 1.54) is 0 Å². The van der Waals surface area contributed by atoms with Gasteiger partial charge in [0, 0.05) is 28.0 Å². The topological polar surface area (TPSA) is 99.4 Å². The van der Waals surface area contributed by atoms with E-state index in [1.807, 2.05) is 18.2 Å². The van der Waals surface area contributed by atoms with Crippen LogP contribution < -0.4 is 20.5 Å². The number of nitrogens with one attached hydrogen (secondary N) is 1. The number of rotatable bonds is 6. The summed E-state index contributed by atoms with van der Waals surface area (Å²) in [5.41, 5.74) is 5.72. The van der Waals surface area contributed by atoms with Gasteiger partial charge in [-0.25, -0.2) is 9.97 Å². The zero-order valence-corrected chi connectivity index (χ0v) is 17.4. The highest BCUT2D eigenvalue weighted by molar-refractivity contribution is 6.31. The van der Waals surface area contributed by atoms with Gasteiger partial charge in [-0.2, -0.15) is 0 Å². The molecule has 1 aliphatic rings. The molecule has 0 saturated heterocycles. The zero-order chi connectivity index (χ0) is 21.1. The second kappa shape index (κ2) is 8.75. The van der Waals surface area contributed by atoms with E-state index in [1.54, 1.807) is 31.6 Å². The second-order valence-corrected chi connectivity index (χ2v) is 7.76. The number of ether oxygens (including phenoxy) is 2. The van der Waals surface area contributed by atoms with Crippen molar-refractivity contribution in [3.63, 3.8) is 0 Å². The largest absolute Gasteiger partial charge is 0.494 e. The van der Waals surface area contributed by atoms with Crippen molar-refractivity contribution in [2.24, 2.45) is 5.73 Å². The molecule has 1 saturated carbocycles. The lowest BCUT2D eigenvalue weighted by molar-refractivity contribution is 0.0983. The number of pyridine rings is 2. The highest BCUT2D eigenvalue weighted by Gasteiger charge is 2.25. The van der Waals surface area contributed by atoms with Crippen LogP contribution in [-0.2, 0) is 0 Å². The molecule has 2 heterocycles. The molecule has 156 valence electrons.